The van der Waals surface area contributed by atoms with E-state index in [0.29, 0.717) is 17.7 Å². The van der Waals surface area contributed by atoms with E-state index >= 15 is 0 Å². The molecular formula is C19H19NO3S. The van der Waals surface area contributed by atoms with Crippen LogP contribution in [0, 0.1) is 5.41 Å². The summed E-state index contributed by atoms with van der Waals surface area (Å²) >= 11 is 0. The molecule has 1 atom stereocenters. The summed E-state index contributed by atoms with van der Waals surface area (Å²) in [5, 5.41) is -0.950. The summed E-state index contributed by atoms with van der Waals surface area (Å²) in [4.78, 5) is 14.5. The van der Waals surface area contributed by atoms with Gasteiger partial charge in [-0.1, -0.05) is 48.5 Å². The highest BCUT2D eigenvalue weighted by Crippen LogP contribution is 2.54. The van der Waals surface area contributed by atoms with Gasteiger partial charge >= 0.3 is 0 Å². The number of hydrogen-bond acceptors (Lipinski definition) is 3. The summed E-state index contributed by atoms with van der Waals surface area (Å²) in [6.45, 7) is 0. The lowest BCUT2D eigenvalue weighted by Gasteiger charge is -2.29. The standard InChI is InChI=1S/C19H19NO3S/c21-17-13-19(11-12-19)14-24(22,23)18(15-7-3-1-4-8-15)20(17)16-9-5-2-6-10-16/h1-10,18H,11-14H2. The molecule has 2 aromatic carbocycles. The van der Waals surface area contributed by atoms with Crippen molar-refractivity contribution in [2.45, 2.75) is 24.6 Å². The predicted molar refractivity (Wildman–Crippen MR) is 93.2 cm³/mol. The first-order valence-corrected chi connectivity index (χ1v) is 9.86. The zero-order valence-electron chi connectivity index (χ0n) is 13.3. The number of para-hydroxylation sites is 1. The second-order valence-electron chi connectivity index (χ2n) is 6.85. The SMILES string of the molecule is O=C1CC2(CC2)CS(=O)(=O)C(c2ccccc2)N1c1ccccc1. The normalized spacial score (nSPS) is 24.6. The molecule has 0 radical (unpaired) electrons. The minimum absolute atomic E-state index is 0.0919. The number of carbonyl (C=O) groups excluding carboxylic acids is 1. The largest absolute Gasteiger partial charge is 0.291 e. The molecule has 5 heteroatoms. The zero-order chi connectivity index (χ0) is 16.8. The summed E-state index contributed by atoms with van der Waals surface area (Å²) in [5.41, 5.74) is 0.942. The van der Waals surface area contributed by atoms with Gasteiger partial charge in [-0.2, -0.15) is 0 Å². The van der Waals surface area contributed by atoms with Crippen molar-refractivity contribution in [3.8, 4) is 0 Å². The van der Waals surface area contributed by atoms with Crippen molar-refractivity contribution in [3.05, 3.63) is 66.2 Å². The fourth-order valence-corrected chi connectivity index (χ4v) is 6.13. The molecule has 1 aliphatic carbocycles. The number of hydrogen-bond donors (Lipinski definition) is 0. The summed E-state index contributed by atoms with van der Waals surface area (Å²) in [5.74, 6) is -0.0112. The van der Waals surface area contributed by atoms with Crippen LogP contribution in [0.25, 0.3) is 0 Å². The van der Waals surface area contributed by atoms with Gasteiger partial charge in [-0.05, 0) is 36.0 Å². The van der Waals surface area contributed by atoms with Crippen LogP contribution in [-0.4, -0.2) is 20.1 Å². The highest BCUT2D eigenvalue weighted by molar-refractivity contribution is 7.91. The lowest BCUT2D eigenvalue weighted by Crippen LogP contribution is -2.37. The molecule has 1 amide bonds. The van der Waals surface area contributed by atoms with Crippen molar-refractivity contribution in [3.63, 3.8) is 0 Å². The topological polar surface area (TPSA) is 54.5 Å². The van der Waals surface area contributed by atoms with Crippen LogP contribution in [-0.2, 0) is 14.6 Å². The summed E-state index contributed by atoms with van der Waals surface area (Å²) in [6.07, 6.45) is 1.95. The molecule has 1 saturated carbocycles. The van der Waals surface area contributed by atoms with E-state index in [1.54, 1.807) is 24.3 Å². The van der Waals surface area contributed by atoms with E-state index in [1.807, 2.05) is 36.4 Å². The van der Waals surface area contributed by atoms with Crippen molar-refractivity contribution in [1.29, 1.82) is 0 Å². The average molecular weight is 341 g/mol. The quantitative estimate of drug-likeness (QED) is 0.842. The Hall–Kier alpha value is -2.14. The summed E-state index contributed by atoms with van der Waals surface area (Å²) in [6, 6.07) is 18.2. The minimum atomic E-state index is -3.48. The number of anilines is 1. The van der Waals surface area contributed by atoms with E-state index in [-0.39, 0.29) is 17.1 Å². The molecule has 2 aromatic rings. The molecule has 1 aliphatic heterocycles. The van der Waals surface area contributed by atoms with Crippen LogP contribution in [0.1, 0.15) is 30.2 Å². The van der Waals surface area contributed by atoms with Crippen LogP contribution >= 0.6 is 0 Å². The molecule has 0 N–H and O–H groups in total. The fourth-order valence-electron chi connectivity index (χ4n) is 3.59. The lowest BCUT2D eigenvalue weighted by atomic mass is 10.0. The molecule has 1 saturated heterocycles. The van der Waals surface area contributed by atoms with E-state index in [4.69, 9.17) is 0 Å². The molecule has 0 bridgehead atoms. The number of benzene rings is 2. The Labute approximate surface area is 142 Å². The minimum Gasteiger partial charge on any atom is -0.291 e. The Morgan fingerprint density at radius 2 is 1.50 bits per heavy atom. The van der Waals surface area contributed by atoms with Gasteiger partial charge in [0.2, 0.25) is 5.91 Å². The smallest absolute Gasteiger partial charge is 0.228 e. The van der Waals surface area contributed by atoms with Gasteiger partial charge in [0.05, 0.1) is 5.75 Å². The average Bonchev–Trinajstić information content (AvgIpc) is 3.32. The van der Waals surface area contributed by atoms with Crippen molar-refractivity contribution in [1.82, 2.24) is 0 Å². The Morgan fingerprint density at radius 1 is 0.917 bits per heavy atom. The third kappa shape index (κ3) is 2.63. The first-order chi connectivity index (χ1) is 11.5. The van der Waals surface area contributed by atoms with E-state index in [1.165, 1.54) is 4.90 Å². The third-order valence-electron chi connectivity index (χ3n) is 4.95. The molecule has 4 rings (SSSR count). The molecule has 1 unspecified atom stereocenters. The van der Waals surface area contributed by atoms with Gasteiger partial charge in [-0.15, -0.1) is 0 Å². The third-order valence-corrected chi connectivity index (χ3v) is 7.13. The molecule has 2 aliphatic rings. The molecule has 4 nitrogen and oxygen atoms in total. The number of amides is 1. The first kappa shape index (κ1) is 15.4. The summed E-state index contributed by atoms with van der Waals surface area (Å²) in [7, 11) is -3.48. The Morgan fingerprint density at radius 3 is 2.08 bits per heavy atom. The molecule has 0 aromatic heterocycles. The van der Waals surface area contributed by atoms with E-state index in [9.17, 15) is 13.2 Å². The van der Waals surface area contributed by atoms with Crippen LogP contribution in [0.2, 0.25) is 0 Å². The molecule has 2 fully saturated rings. The monoisotopic (exact) mass is 341 g/mol. The van der Waals surface area contributed by atoms with Crippen molar-refractivity contribution >= 4 is 21.4 Å². The second kappa shape index (κ2) is 5.45. The van der Waals surface area contributed by atoms with Gasteiger partial charge in [0.1, 0.15) is 0 Å². The van der Waals surface area contributed by atoms with Crippen LogP contribution in [0.4, 0.5) is 5.69 Å². The maximum absolute atomic E-state index is 13.2. The number of sulfone groups is 1. The van der Waals surface area contributed by atoms with Gasteiger partial charge in [-0.3, -0.25) is 9.69 Å². The van der Waals surface area contributed by atoms with Gasteiger partial charge in [0, 0.05) is 12.1 Å². The molecule has 124 valence electrons. The lowest BCUT2D eigenvalue weighted by molar-refractivity contribution is -0.119. The van der Waals surface area contributed by atoms with Crippen molar-refractivity contribution < 1.29 is 13.2 Å². The van der Waals surface area contributed by atoms with Crippen molar-refractivity contribution in [2.24, 2.45) is 5.41 Å². The maximum Gasteiger partial charge on any atom is 0.228 e. The fraction of sp³-hybridized carbons (Fsp3) is 0.316. The van der Waals surface area contributed by atoms with Gasteiger partial charge in [0.25, 0.3) is 0 Å². The predicted octanol–water partition coefficient (Wildman–Crippen LogP) is 3.32. The molecule has 1 heterocycles. The summed E-state index contributed by atoms with van der Waals surface area (Å²) < 4.78 is 26.4. The van der Waals surface area contributed by atoms with Crippen LogP contribution < -0.4 is 4.90 Å². The second-order valence-corrected chi connectivity index (χ2v) is 8.91. The Kier molecular flexibility index (Phi) is 3.49. The van der Waals surface area contributed by atoms with Crippen LogP contribution in [0.15, 0.2) is 60.7 Å². The van der Waals surface area contributed by atoms with Crippen molar-refractivity contribution in [2.75, 3.05) is 10.7 Å². The van der Waals surface area contributed by atoms with Crippen LogP contribution in [0.5, 0.6) is 0 Å². The molecule has 1 spiro atoms. The van der Waals surface area contributed by atoms with E-state index in [0.717, 1.165) is 12.8 Å². The maximum atomic E-state index is 13.2. The number of rotatable bonds is 2. The number of nitrogens with zero attached hydrogens (tertiary/aromatic N) is 1. The van der Waals surface area contributed by atoms with E-state index < -0.39 is 15.2 Å². The molecular weight excluding hydrogens is 322 g/mol. The highest BCUT2D eigenvalue weighted by Gasteiger charge is 2.54. The van der Waals surface area contributed by atoms with Gasteiger partial charge in [0.15, 0.2) is 15.2 Å². The zero-order valence-corrected chi connectivity index (χ0v) is 14.1. The number of carbonyl (C=O) groups is 1. The Bertz CT molecular complexity index is 858. The molecule has 24 heavy (non-hydrogen) atoms. The first-order valence-electron chi connectivity index (χ1n) is 8.15. The van der Waals surface area contributed by atoms with Gasteiger partial charge in [-0.25, -0.2) is 8.42 Å². The highest BCUT2D eigenvalue weighted by atomic mass is 32.2. The van der Waals surface area contributed by atoms with Gasteiger partial charge < -0.3 is 0 Å². The van der Waals surface area contributed by atoms with Crippen LogP contribution in [0.3, 0.4) is 0 Å². The Balaban J connectivity index is 1.90. The van der Waals surface area contributed by atoms with E-state index in [2.05, 4.69) is 0 Å².